The van der Waals surface area contributed by atoms with Crippen LogP contribution in [-0.4, -0.2) is 69.3 Å². The fraction of sp³-hybridized carbons (Fsp3) is 0.273. The Kier molecular flexibility index (Phi) is 5.09. The van der Waals surface area contributed by atoms with Crippen molar-refractivity contribution in [3.8, 4) is 17.1 Å². The molecule has 1 aliphatic heterocycles. The SMILES string of the molecule is CN1CCN(C(=O)COc2ccccc2)[C@@H](c2nc(-c3ccc4[nH]ncc4c3)no2)C1. The van der Waals surface area contributed by atoms with Gasteiger partial charge in [-0.2, -0.15) is 10.1 Å². The van der Waals surface area contributed by atoms with Gasteiger partial charge in [-0.1, -0.05) is 23.4 Å². The second kappa shape index (κ2) is 8.19. The van der Waals surface area contributed by atoms with Crippen LogP contribution < -0.4 is 4.74 Å². The van der Waals surface area contributed by atoms with E-state index in [0.29, 0.717) is 30.6 Å². The summed E-state index contributed by atoms with van der Waals surface area (Å²) in [7, 11) is 2.01. The highest BCUT2D eigenvalue weighted by atomic mass is 16.5. The van der Waals surface area contributed by atoms with Crippen molar-refractivity contribution >= 4 is 16.8 Å². The smallest absolute Gasteiger partial charge is 0.261 e. The third-order valence-corrected chi connectivity index (χ3v) is 5.43. The third kappa shape index (κ3) is 3.99. The number of nitrogens with zero attached hydrogens (tertiary/aromatic N) is 5. The van der Waals surface area contributed by atoms with Gasteiger partial charge in [0.1, 0.15) is 11.8 Å². The van der Waals surface area contributed by atoms with Crippen molar-refractivity contribution in [1.29, 1.82) is 0 Å². The summed E-state index contributed by atoms with van der Waals surface area (Å²) in [6.45, 7) is 1.91. The summed E-state index contributed by atoms with van der Waals surface area (Å²) in [5.74, 6) is 1.46. The molecule has 2 aromatic heterocycles. The van der Waals surface area contributed by atoms with E-state index in [1.54, 1.807) is 11.1 Å². The Balaban J connectivity index is 1.35. The summed E-state index contributed by atoms with van der Waals surface area (Å²) in [5, 5.41) is 12.1. The summed E-state index contributed by atoms with van der Waals surface area (Å²) in [6, 6.07) is 14.8. The van der Waals surface area contributed by atoms with Crippen LogP contribution in [0.4, 0.5) is 0 Å². The van der Waals surface area contributed by atoms with Crippen molar-refractivity contribution in [3.63, 3.8) is 0 Å². The molecule has 2 aromatic carbocycles. The van der Waals surface area contributed by atoms with E-state index in [2.05, 4.69) is 25.2 Å². The molecule has 1 N–H and O–H groups in total. The number of nitrogens with one attached hydrogen (secondary N) is 1. The average Bonchev–Trinajstić information content (AvgIpc) is 3.47. The van der Waals surface area contributed by atoms with Gasteiger partial charge in [0, 0.05) is 30.6 Å². The van der Waals surface area contributed by atoms with Crippen LogP contribution >= 0.6 is 0 Å². The molecule has 1 aliphatic rings. The summed E-state index contributed by atoms with van der Waals surface area (Å²) >= 11 is 0. The molecule has 0 spiro atoms. The summed E-state index contributed by atoms with van der Waals surface area (Å²) < 4.78 is 11.3. The van der Waals surface area contributed by atoms with Gasteiger partial charge >= 0.3 is 0 Å². The number of aromatic nitrogens is 4. The number of likely N-dealkylation sites (N-methyl/N-ethyl adjacent to an activating group) is 1. The van der Waals surface area contributed by atoms with Crippen LogP contribution in [0.2, 0.25) is 0 Å². The monoisotopic (exact) mass is 418 g/mol. The summed E-state index contributed by atoms with van der Waals surface area (Å²) in [5.41, 5.74) is 1.77. The maximum absolute atomic E-state index is 12.9. The van der Waals surface area contributed by atoms with E-state index in [1.807, 2.05) is 55.6 Å². The topological polar surface area (TPSA) is 100 Å². The molecule has 9 nitrogen and oxygen atoms in total. The molecule has 0 unspecified atom stereocenters. The van der Waals surface area contributed by atoms with Gasteiger partial charge in [-0.25, -0.2) is 0 Å². The van der Waals surface area contributed by atoms with Crippen LogP contribution in [0.3, 0.4) is 0 Å². The molecule has 1 amide bonds. The lowest BCUT2D eigenvalue weighted by Crippen LogP contribution is -2.50. The highest BCUT2D eigenvalue weighted by Crippen LogP contribution is 2.27. The van der Waals surface area contributed by atoms with E-state index in [-0.39, 0.29) is 18.6 Å². The van der Waals surface area contributed by atoms with Crippen LogP contribution in [-0.2, 0) is 4.79 Å². The van der Waals surface area contributed by atoms with Gasteiger partial charge < -0.3 is 19.1 Å². The maximum Gasteiger partial charge on any atom is 0.261 e. The van der Waals surface area contributed by atoms with Crippen LogP contribution in [0.1, 0.15) is 11.9 Å². The van der Waals surface area contributed by atoms with Gasteiger partial charge in [-0.05, 0) is 37.4 Å². The first-order valence-electron chi connectivity index (χ1n) is 10.1. The van der Waals surface area contributed by atoms with Crippen molar-refractivity contribution in [3.05, 3.63) is 60.6 Å². The minimum atomic E-state index is -0.329. The molecule has 4 aromatic rings. The Bertz CT molecular complexity index is 1190. The van der Waals surface area contributed by atoms with Crippen molar-refractivity contribution in [1.82, 2.24) is 30.1 Å². The molecule has 158 valence electrons. The van der Waals surface area contributed by atoms with Gasteiger partial charge in [-0.3, -0.25) is 9.89 Å². The van der Waals surface area contributed by atoms with Crippen LogP contribution in [0.25, 0.3) is 22.3 Å². The third-order valence-electron chi connectivity index (χ3n) is 5.43. The zero-order valence-electron chi connectivity index (χ0n) is 17.1. The number of piperazine rings is 1. The number of H-pyrrole nitrogens is 1. The first-order valence-corrected chi connectivity index (χ1v) is 10.1. The molecule has 0 aliphatic carbocycles. The Labute approximate surface area is 178 Å². The van der Waals surface area contributed by atoms with Crippen LogP contribution in [0.15, 0.2) is 59.3 Å². The van der Waals surface area contributed by atoms with Crippen LogP contribution in [0, 0.1) is 0 Å². The molecule has 9 heteroatoms. The van der Waals surface area contributed by atoms with E-state index in [4.69, 9.17) is 9.26 Å². The van der Waals surface area contributed by atoms with E-state index in [0.717, 1.165) is 23.0 Å². The summed E-state index contributed by atoms with van der Waals surface area (Å²) in [4.78, 5) is 21.5. The number of hydrogen-bond acceptors (Lipinski definition) is 7. The largest absolute Gasteiger partial charge is 0.484 e. The standard InChI is InChI=1S/C22H22N6O3/c1-27-9-10-28(20(29)14-30-17-5-3-2-4-6-17)19(13-27)22-24-21(26-31-22)15-7-8-18-16(11-15)12-23-25-18/h2-8,11-12,19H,9-10,13-14H2,1H3,(H,23,25)/t19-/m1/s1. The van der Waals surface area contributed by atoms with E-state index in [1.165, 1.54) is 0 Å². The molecule has 0 radical (unpaired) electrons. The summed E-state index contributed by atoms with van der Waals surface area (Å²) in [6.07, 6.45) is 1.75. The lowest BCUT2D eigenvalue weighted by Gasteiger charge is -2.37. The number of rotatable bonds is 5. The molecule has 0 saturated carbocycles. The normalized spacial score (nSPS) is 17.2. The predicted octanol–water partition coefficient (Wildman–Crippen LogP) is 2.51. The van der Waals surface area contributed by atoms with Gasteiger partial charge in [0.2, 0.25) is 5.82 Å². The van der Waals surface area contributed by atoms with Crippen molar-refractivity contribution in [2.24, 2.45) is 0 Å². The zero-order chi connectivity index (χ0) is 21.2. The number of fused-ring (bicyclic) bond motifs is 1. The number of aromatic amines is 1. The fourth-order valence-electron chi connectivity index (χ4n) is 3.74. The lowest BCUT2D eigenvalue weighted by molar-refractivity contribution is -0.139. The molecular formula is C22H22N6O3. The molecule has 1 saturated heterocycles. The number of para-hydroxylation sites is 1. The highest BCUT2D eigenvalue weighted by Gasteiger charge is 2.34. The van der Waals surface area contributed by atoms with Crippen molar-refractivity contribution in [2.75, 3.05) is 33.3 Å². The molecular weight excluding hydrogens is 396 g/mol. The van der Waals surface area contributed by atoms with E-state index < -0.39 is 0 Å². The number of ether oxygens (including phenoxy) is 1. The maximum atomic E-state index is 12.9. The van der Waals surface area contributed by atoms with Crippen molar-refractivity contribution in [2.45, 2.75) is 6.04 Å². The van der Waals surface area contributed by atoms with Gasteiger partial charge in [0.15, 0.2) is 6.61 Å². The molecule has 31 heavy (non-hydrogen) atoms. The molecule has 1 fully saturated rings. The Hall–Kier alpha value is -3.72. The second-order valence-corrected chi connectivity index (χ2v) is 7.60. The molecule has 1 atom stereocenters. The quantitative estimate of drug-likeness (QED) is 0.531. The molecule has 0 bridgehead atoms. The highest BCUT2D eigenvalue weighted by molar-refractivity contribution is 5.82. The number of hydrogen-bond donors (Lipinski definition) is 1. The first-order chi connectivity index (χ1) is 15.2. The van der Waals surface area contributed by atoms with Crippen molar-refractivity contribution < 1.29 is 14.1 Å². The predicted molar refractivity (Wildman–Crippen MR) is 113 cm³/mol. The minimum absolute atomic E-state index is 0.0393. The van der Waals surface area contributed by atoms with Gasteiger partial charge in [0.05, 0.1) is 11.7 Å². The zero-order valence-corrected chi connectivity index (χ0v) is 17.1. The number of benzene rings is 2. The average molecular weight is 418 g/mol. The fourth-order valence-corrected chi connectivity index (χ4v) is 3.74. The molecule has 3 heterocycles. The minimum Gasteiger partial charge on any atom is -0.484 e. The Morgan fingerprint density at radius 2 is 2.10 bits per heavy atom. The van der Waals surface area contributed by atoms with Crippen LogP contribution in [0.5, 0.6) is 5.75 Å². The van der Waals surface area contributed by atoms with E-state index >= 15 is 0 Å². The molecule has 5 rings (SSSR count). The number of amides is 1. The Morgan fingerprint density at radius 3 is 2.97 bits per heavy atom. The number of carbonyl (C=O) groups is 1. The lowest BCUT2D eigenvalue weighted by atomic mass is 10.1. The second-order valence-electron chi connectivity index (χ2n) is 7.60. The van der Waals surface area contributed by atoms with E-state index in [9.17, 15) is 4.79 Å². The van der Waals surface area contributed by atoms with Gasteiger partial charge in [-0.15, -0.1) is 0 Å². The van der Waals surface area contributed by atoms with Gasteiger partial charge in [0.25, 0.3) is 11.8 Å². The Morgan fingerprint density at radius 1 is 1.23 bits per heavy atom. The first kappa shape index (κ1) is 19.3. The number of carbonyl (C=O) groups excluding carboxylic acids is 1.